The third-order valence-electron chi connectivity index (χ3n) is 4.72. The molecule has 0 aromatic heterocycles. The Hall–Kier alpha value is -3.87. The molecule has 0 spiro atoms. The minimum absolute atomic E-state index is 0.0306. The van der Waals surface area contributed by atoms with E-state index in [1.807, 2.05) is 55.5 Å². The standard InChI is InChI=1S/C24H23N3O4/c1-16-4-8-19(9-5-16)29-12-3-13-30-20-10-6-18(7-11-20)15-21-23(25)27-22(26-24(21)28)14-17(2)31-27/h4-11,14-15,25H,3,12-13H2,1-2H3/b21-15+,25-23?. The second-order valence-electron chi connectivity index (χ2n) is 7.25. The number of hydrogen-bond donors (Lipinski definition) is 1. The quantitative estimate of drug-likeness (QED) is 0.537. The third-order valence-corrected chi connectivity index (χ3v) is 4.72. The van der Waals surface area contributed by atoms with Gasteiger partial charge in [-0.05, 0) is 49.8 Å². The summed E-state index contributed by atoms with van der Waals surface area (Å²) in [6.07, 6.45) is 4.01. The van der Waals surface area contributed by atoms with Crippen molar-refractivity contribution in [1.29, 1.82) is 5.41 Å². The first-order chi connectivity index (χ1) is 15.0. The molecule has 0 bridgehead atoms. The van der Waals surface area contributed by atoms with Crippen LogP contribution >= 0.6 is 0 Å². The average Bonchev–Trinajstić information content (AvgIpc) is 3.13. The van der Waals surface area contributed by atoms with E-state index >= 15 is 0 Å². The number of carbonyl (C=O) groups is 1. The molecule has 0 unspecified atom stereocenters. The fourth-order valence-corrected chi connectivity index (χ4v) is 3.10. The number of amides is 1. The predicted octanol–water partition coefficient (Wildman–Crippen LogP) is 4.29. The topological polar surface area (TPSA) is 84.2 Å². The number of amidine groups is 2. The van der Waals surface area contributed by atoms with E-state index in [1.54, 1.807) is 19.1 Å². The fraction of sp³-hybridized carbons (Fsp3) is 0.208. The maximum absolute atomic E-state index is 12.3. The van der Waals surface area contributed by atoms with Gasteiger partial charge >= 0.3 is 0 Å². The van der Waals surface area contributed by atoms with Crippen molar-refractivity contribution < 1.29 is 19.1 Å². The number of carbonyl (C=O) groups excluding carboxylic acids is 1. The summed E-state index contributed by atoms with van der Waals surface area (Å²) in [7, 11) is 0. The average molecular weight is 417 g/mol. The summed E-state index contributed by atoms with van der Waals surface area (Å²) >= 11 is 0. The van der Waals surface area contributed by atoms with E-state index < -0.39 is 5.91 Å². The van der Waals surface area contributed by atoms with E-state index in [1.165, 1.54) is 10.6 Å². The van der Waals surface area contributed by atoms with Crippen LogP contribution in [0.1, 0.15) is 24.5 Å². The second kappa shape index (κ2) is 8.87. The monoisotopic (exact) mass is 417 g/mol. The van der Waals surface area contributed by atoms with E-state index in [4.69, 9.17) is 19.7 Å². The predicted molar refractivity (Wildman–Crippen MR) is 118 cm³/mol. The largest absolute Gasteiger partial charge is 0.493 e. The highest BCUT2D eigenvalue weighted by Crippen LogP contribution is 2.24. The van der Waals surface area contributed by atoms with Crippen molar-refractivity contribution in [1.82, 2.24) is 5.06 Å². The molecular formula is C24H23N3O4. The van der Waals surface area contributed by atoms with Gasteiger partial charge in [0, 0.05) is 12.5 Å². The first-order valence-electron chi connectivity index (χ1n) is 10.0. The van der Waals surface area contributed by atoms with E-state index in [-0.39, 0.29) is 11.4 Å². The SMILES string of the molecule is CC1=CC2=NC(=O)/C(=C/c3ccc(OCCCOc4ccc(C)cc4)cc3)C(=N)N2O1. The van der Waals surface area contributed by atoms with Crippen LogP contribution in [-0.4, -0.2) is 35.9 Å². The van der Waals surface area contributed by atoms with Crippen molar-refractivity contribution in [3.8, 4) is 11.5 Å². The zero-order chi connectivity index (χ0) is 21.8. The number of rotatable bonds is 7. The summed E-state index contributed by atoms with van der Waals surface area (Å²) in [5.41, 5.74) is 2.15. The molecule has 7 nitrogen and oxygen atoms in total. The summed E-state index contributed by atoms with van der Waals surface area (Å²) in [4.78, 5) is 21.7. The summed E-state index contributed by atoms with van der Waals surface area (Å²) in [6.45, 7) is 4.90. The summed E-state index contributed by atoms with van der Waals surface area (Å²) in [5.74, 6) is 2.01. The summed E-state index contributed by atoms with van der Waals surface area (Å²) in [6, 6.07) is 15.3. The summed E-state index contributed by atoms with van der Waals surface area (Å²) in [5, 5.41) is 9.50. The maximum atomic E-state index is 12.3. The molecule has 0 radical (unpaired) electrons. The van der Waals surface area contributed by atoms with Crippen LogP contribution < -0.4 is 9.47 Å². The molecule has 4 rings (SSSR count). The number of hydroxylamine groups is 2. The number of allylic oxidation sites excluding steroid dienone is 1. The van der Waals surface area contributed by atoms with Crippen LogP contribution in [0.4, 0.5) is 0 Å². The van der Waals surface area contributed by atoms with Gasteiger partial charge in [-0.1, -0.05) is 29.8 Å². The van der Waals surface area contributed by atoms with Crippen molar-refractivity contribution >= 4 is 23.7 Å². The zero-order valence-corrected chi connectivity index (χ0v) is 17.4. The van der Waals surface area contributed by atoms with Crippen molar-refractivity contribution in [3.05, 3.63) is 77.1 Å². The molecule has 2 aliphatic rings. The van der Waals surface area contributed by atoms with Crippen molar-refractivity contribution in [2.45, 2.75) is 20.3 Å². The van der Waals surface area contributed by atoms with Crippen molar-refractivity contribution in [2.75, 3.05) is 13.2 Å². The second-order valence-corrected chi connectivity index (χ2v) is 7.25. The van der Waals surface area contributed by atoms with Gasteiger partial charge in [0.25, 0.3) is 5.91 Å². The van der Waals surface area contributed by atoms with Crippen molar-refractivity contribution in [2.24, 2.45) is 4.99 Å². The molecule has 2 aliphatic heterocycles. The molecule has 2 heterocycles. The maximum Gasteiger partial charge on any atom is 0.282 e. The highest BCUT2D eigenvalue weighted by Gasteiger charge is 2.34. The Labute approximate surface area is 180 Å². The van der Waals surface area contributed by atoms with Crippen LogP contribution in [0.25, 0.3) is 6.08 Å². The first-order valence-corrected chi connectivity index (χ1v) is 10.0. The minimum Gasteiger partial charge on any atom is -0.493 e. The number of aliphatic imine (C=N–C) groups is 1. The fourth-order valence-electron chi connectivity index (χ4n) is 3.10. The normalized spacial score (nSPS) is 16.6. The van der Waals surface area contributed by atoms with Gasteiger partial charge in [0.05, 0.1) is 18.8 Å². The lowest BCUT2D eigenvalue weighted by molar-refractivity contribution is -0.114. The van der Waals surface area contributed by atoms with E-state index in [9.17, 15) is 4.79 Å². The first kappa shape index (κ1) is 20.4. The van der Waals surface area contributed by atoms with Gasteiger partial charge in [-0.3, -0.25) is 10.2 Å². The van der Waals surface area contributed by atoms with Crippen molar-refractivity contribution in [3.63, 3.8) is 0 Å². The Morgan fingerprint density at radius 3 is 2.26 bits per heavy atom. The molecule has 0 saturated heterocycles. The van der Waals surface area contributed by atoms with Crippen LogP contribution in [-0.2, 0) is 9.63 Å². The third kappa shape index (κ3) is 4.83. The lowest BCUT2D eigenvalue weighted by Gasteiger charge is -2.22. The molecule has 0 saturated carbocycles. The number of fused-ring (bicyclic) bond motifs is 1. The van der Waals surface area contributed by atoms with Gasteiger partial charge in [0.15, 0.2) is 11.7 Å². The number of aryl methyl sites for hydroxylation is 1. The van der Waals surface area contributed by atoms with E-state index in [0.29, 0.717) is 24.8 Å². The lowest BCUT2D eigenvalue weighted by Crippen LogP contribution is -2.38. The van der Waals surface area contributed by atoms with Gasteiger partial charge in [-0.15, -0.1) is 5.06 Å². The number of nitrogens with one attached hydrogen (secondary N) is 1. The molecule has 2 aromatic carbocycles. The molecule has 7 heteroatoms. The Morgan fingerprint density at radius 1 is 1.00 bits per heavy atom. The van der Waals surface area contributed by atoms with Crippen LogP contribution in [0.15, 0.2) is 70.9 Å². The van der Waals surface area contributed by atoms with Crippen LogP contribution in [0.2, 0.25) is 0 Å². The van der Waals surface area contributed by atoms with Crippen LogP contribution in [0.5, 0.6) is 11.5 Å². The highest BCUT2D eigenvalue weighted by molar-refractivity contribution is 6.32. The molecule has 2 aromatic rings. The molecule has 1 amide bonds. The van der Waals surface area contributed by atoms with Gasteiger partial charge in [-0.2, -0.15) is 4.99 Å². The molecule has 0 aliphatic carbocycles. The van der Waals surface area contributed by atoms with Gasteiger partial charge in [-0.25, -0.2) is 0 Å². The smallest absolute Gasteiger partial charge is 0.282 e. The van der Waals surface area contributed by atoms with Gasteiger partial charge < -0.3 is 14.3 Å². The summed E-state index contributed by atoms with van der Waals surface area (Å²) < 4.78 is 11.4. The minimum atomic E-state index is -0.459. The zero-order valence-electron chi connectivity index (χ0n) is 17.4. The lowest BCUT2D eigenvalue weighted by atomic mass is 10.1. The van der Waals surface area contributed by atoms with Gasteiger partial charge in [0.2, 0.25) is 0 Å². The molecule has 0 fully saturated rings. The molecular weight excluding hydrogens is 394 g/mol. The molecule has 158 valence electrons. The van der Waals surface area contributed by atoms with E-state index in [2.05, 4.69) is 4.99 Å². The Kier molecular flexibility index (Phi) is 5.84. The van der Waals surface area contributed by atoms with E-state index in [0.717, 1.165) is 23.5 Å². The van der Waals surface area contributed by atoms with Crippen LogP contribution in [0, 0.1) is 12.3 Å². The Bertz CT molecular complexity index is 1080. The Balaban J connectivity index is 1.29. The number of nitrogens with zero attached hydrogens (tertiary/aromatic N) is 2. The number of ether oxygens (including phenoxy) is 2. The molecule has 1 N–H and O–H groups in total. The molecule has 0 atom stereocenters. The highest BCUT2D eigenvalue weighted by atomic mass is 16.7. The molecule has 31 heavy (non-hydrogen) atoms. The van der Waals surface area contributed by atoms with Gasteiger partial charge in [0.1, 0.15) is 17.3 Å². The Morgan fingerprint density at radius 2 is 1.61 bits per heavy atom. The number of benzene rings is 2. The van der Waals surface area contributed by atoms with Crippen LogP contribution in [0.3, 0.4) is 0 Å². The number of hydrogen-bond acceptors (Lipinski definition) is 5.